The highest BCUT2D eigenvalue weighted by Crippen LogP contribution is 2.36. The fourth-order valence-electron chi connectivity index (χ4n) is 3.91. The number of halogens is 2. The Bertz CT molecular complexity index is 966. The molecule has 0 saturated heterocycles. The lowest BCUT2D eigenvalue weighted by Gasteiger charge is -2.30. The van der Waals surface area contributed by atoms with Crippen LogP contribution in [-0.4, -0.2) is 16.9 Å². The number of fused-ring (bicyclic) bond motifs is 1. The molecule has 0 spiro atoms. The monoisotopic (exact) mass is 382 g/mol. The molecular formula is C22H20ClFN2O. The highest BCUT2D eigenvalue weighted by Gasteiger charge is 2.25. The van der Waals surface area contributed by atoms with Crippen LogP contribution in [0.5, 0.6) is 0 Å². The number of hydrogen-bond donors (Lipinski definition) is 1. The van der Waals surface area contributed by atoms with E-state index in [9.17, 15) is 9.18 Å². The summed E-state index contributed by atoms with van der Waals surface area (Å²) in [5.41, 5.74) is 2.60. The van der Waals surface area contributed by atoms with Gasteiger partial charge in [-0.3, -0.25) is 9.78 Å². The molecule has 0 atom stereocenters. The zero-order chi connectivity index (χ0) is 18.8. The molecule has 0 unspecified atom stereocenters. The Morgan fingerprint density at radius 2 is 1.78 bits per heavy atom. The van der Waals surface area contributed by atoms with E-state index in [1.165, 1.54) is 6.07 Å². The van der Waals surface area contributed by atoms with E-state index in [1.807, 2.05) is 6.07 Å². The second kappa shape index (κ2) is 7.65. The van der Waals surface area contributed by atoms with E-state index in [4.69, 9.17) is 11.6 Å². The zero-order valence-electron chi connectivity index (χ0n) is 14.8. The maximum absolute atomic E-state index is 13.7. The number of nitrogens with zero attached hydrogens (tertiary/aromatic N) is 1. The van der Waals surface area contributed by atoms with Crippen molar-refractivity contribution in [1.82, 2.24) is 10.3 Å². The van der Waals surface area contributed by atoms with Crippen LogP contribution in [0, 0.1) is 5.82 Å². The lowest BCUT2D eigenvalue weighted by molar-refractivity contribution is 0.0926. The molecule has 2 aromatic carbocycles. The molecule has 1 aliphatic carbocycles. The van der Waals surface area contributed by atoms with Crippen LogP contribution in [0.25, 0.3) is 10.9 Å². The highest BCUT2D eigenvalue weighted by molar-refractivity contribution is 6.30. The summed E-state index contributed by atoms with van der Waals surface area (Å²) in [6, 6.07) is 13.8. The largest absolute Gasteiger partial charge is 0.349 e. The van der Waals surface area contributed by atoms with Crippen molar-refractivity contribution in [2.45, 2.75) is 37.6 Å². The van der Waals surface area contributed by atoms with Gasteiger partial charge in [-0.2, -0.15) is 0 Å². The van der Waals surface area contributed by atoms with Gasteiger partial charge in [-0.15, -0.1) is 0 Å². The number of pyridine rings is 1. The Morgan fingerprint density at radius 1 is 1.04 bits per heavy atom. The molecule has 1 saturated carbocycles. The van der Waals surface area contributed by atoms with Gasteiger partial charge in [-0.1, -0.05) is 11.6 Å². The minimum Gasteiger partial charge on any atom is -0.349 e. The summed E-state index contributed by atoms with van der Waals surface area (Å²) in [5, 5.41) is 4.63. The van der Waals surface area contributed by atoms with E-state index >= 15 is 0 Å². The van der Waals surface area contributed by atoms with Crippen molar-refractivity contribution < 1.29 is 9.18 Å². The van der Waals surface area contributed by atoms with Crippen molar-refractivity contribution >= 4 is 28.4 Å². The first-order valence-electron chi connectivity index (χ1n) is 9.21. The molecule has 1 heterocycles. The predicted molar refractivity (Wildman–Crippen MR) is 106 cm³/mol. The SMILES string of the molecule is O=C(N[C@H]1CC[C@H](c2ccnc3ccc(F)cc32)CC1)c1ccc(Cl)cc1. The Kier molecular flexibility index (Phi) is 5.08. The summed E-state index contributed by atoms with van der Waals surface area (Å²) in [6.07, 6.45) is 5.53. The van der Waals surface area contributed by atoms with Crippen LogP contribution in [0.3, 0.4) is 0 Å². The van der Waals surface area contributed by atoms with Crippen LogP contribution in [-0.2, 0) is 0 Å². The van der Waals surface area contributed by atoms with E-state index in [0.717, 1.165) is 42.1 Å². The molecule has 0 bridgehead atoms. The quantitative estimate of drug-likeness (QED) is 0.651. The van der Waals surface area contributed by atoms with Gasteiger partial charge < -0.3 is 5.32 Å². The topological polar surface area (TPSA) is 42.0 Å². The molecular weight excluding hydrogens is 363 g/mol. The number of rotatable bonds is 3. The van der Waals surface area contributed by atoms with Crippen molar-refractivity contribution in [1.29, 1.82) is 0 Å². The average molecular weight is 383 g/mol. The number of nitrogens with one attached hydrogen (secondary N) is 1. The first kappa shape index (κ1) is 17.9. The van der Waals surface area contributed by atoms with Crippen LogP contribution in [0.2, 0.25) is 5.02 Å². The fourth-order valence-corrected chi connectivity index (χ4v) is 4.04. The van der Waals surface area contributed by atoms with Gasteiger partial charge in [0.1, 0.15) is 5.82 Å². The molecule has 3 aromatic rings. The average Bonchev–Trinajstić information content (AvgIpc) is 2.68. The van der Waals surface area contributed by atoms with Crippen LogP contribution in [0.1, 0.15) is 47.5 Å². The summed E-state index contributed by atoms with van der Waals surface area (Å²) < 4.78 is 13.7. The van der Waals surface area contributed by atoms with Crippen molar-refractivity contribution in [2.75, 3.05) is 0 Å². The molecule has 1 fully saturated rings. The van der Waals surface area contributed by atoms with Crippen LogP contribution < -0.4 is 5.32 Å². The maximum atomic E-state index is 13.7. The van der Waals surface area contributed by atoms with Crippen molar-refractivity contribution in [2.24, 2.45) is 0 Å². The smallest absolute Gasteiger partial charge is 0.251 e. The van der Waals surface area contributed by atoms with Crippen LogP contribution >= 0.6 is 11.6 Å². The molecule has 1 amide bonds. The number of aromatic nitrogens is 1. The molecule has 27 heavy (non-hydrogen) atoms. The van der Waals surface area contributed by atoms with E-state index < -0.39 is 0 Å². The van der Waals surface area contributed by atoms with Crippen LogP contribution in [0.4, 0.5) is 4.39 Å². The summed E-state index contributed by atoms with van der Waals surface area (Å²) in [6.45, 7) is 0. The molecule has 138 valence electrons. The van der Waals surface area contributed by atoms with Gasteiger partial charge in [0.2, 0.25) is 0 Å². The van der Waals surface area contributed by atoms with Gasteiger partial charge in [0.05, 0.1) is 5.52 Å². The molecule has 1 aromatic heterocycles. The maximum Gasteiger partial charge on any atom is 0.251 e. The van der Waals surface area contributed by atoms with Gasteiger partial charge in [0.25, 0.3) is 5.91 Å². The third-order valence-electron chi connectivity index (χ3n) is 5.35. The van der Waals surface area contributed by atoms with E-state index in [2.05, 4.69) is 10.3 Å². The Balaban J connectivity index is 1.43. The number of carbonyl (C=O) groups is 1. The summed E-state index contributed by atoms with van der Waals surface area (Å²) in [7, 11) is 0. The first-order chi connectivity index (χ1) is 13.1. The van der Waals surface area contributed by atoms with Gasteiger partial charge >= 0.3 is 0 Å². The Labute approximate surface area is 162 Å². The van der Waals surface area contributed by atoms with Gasteiger partial charge in [-0.05, 0) is 85.7 Å². The molecule has 1 N–H and O–H groups in total. The van der Waals surface area contributed by atoms with Crippen molar-refractivity contribution in [3.63, 3.8) is 0 Å². The normalized spacial score (nSPS) is 19.8. The highest BCUT2D eigenvalue weighted by atomic mass is 35.5. The molecule has 3 nitrogen and oxygen atoms in total. The van der Waals surface area contributed by atoms with E-state index in [-0.39, 0.29) is 17.8 Å². The lowest BCUT2D eigenvalue weighted by atomic mass is 9.80. The van der Waals surface area contributed by atoms with E-state index in [0.29, 0.717) is 16.5 Å². The first-order valence-corrected chi connectivity index (χ1v) is 9.58. The van der Waals surface area contributed by atoms with Crippen molar-refractivity contribution in [3.8, 4) is 0 Å². The molecule has 5 heteroatoms. The number of benzene rings is 2. The van der Waals surface area contributed by atoms with Gasteiger partial charge in [0.15, 0.2) is 0 Å². The lowest BCUT2D eigenvalue weighted by Crippen LogP contribution is -2.37. The predicted octanol–water partition coefficient (Wildman–Crippen LogP) is 5.48. The zero-order valence-corrected chi connectivity index (χ0v) is 15.5. The number of hydrogen-bond acceptors (Lipinski definition) is 2. The van der Waals surface area contributed by atoms with Gasteiger partial charge in [-0.25, -0.2) is 4.39 Å². The molecule has 4 rings (SSSR count). The van der Waals surface area contributed by atoms with E-state index in [1.54, 1.807) is 42.6 Å². The fraction of sp³-hybridized carbons (Fsp3) is 0.273. The summed E-state index contributed by atoms with van der Waals surface area (Å²) in [5.74, 6) is 0.0631. The molecule has 0 radical (unpaired) electrons. The van der Waals surface area contributed by atoms with Crippen molar-refractivity contribution in [3.05, 3.63) is 76.7 Å². The standard InChI is InChI=1S/C22H20ClFN2O/c23-16-5-1-15(2-6-16)22(27)26-18-8-3-14(4-9-18)19-11-12-25-21-10-7-17(24)13-20(19)21/h1-2,5-7,10-14,18H,3-4,8-9H2,(H,26,27)/t14-,18-. The molecule has 1 aliphatic rings. The Morgan fingerprint density at radius 3 is 2.52 bits per heavy atom. The molecule has 0 aliphatic heterocycles. The second-order valence-electron chi connectivity index (χ2n) is 7.09. The van der Waals surface area contributed by atoms with Crippen LogP contribution in [0.15, 0.2) is 54.7 Å². The van der Waals surface area contributed by atoms with Gasteiger partial charge in [0, 0.05) is 28.2 Å². The number of amides is 1. The second-order valence-corrected chi connectivity index (χ2v) is 7.53. The summed E-state index contributed by atoms with van der Waals surface area (Å²) >= 11 is 5.87. The Hall–Kier alpha value is -2.46. The minimum absolute atomic E-state index is 0.0634. The summed E-state index contributed by atoms with van der Waals surface area (Å²) in [4.78, 5) is 16.7. The third-order valence-corrected chi connectivity index (χ3v) is 5.60. The number of carbonyl (C=O) groups excluding carboxylic acids is 1. The minimum atomic E-state index is -0.235. The third kappa shape index (κ3) is 3.96.